The van der Waals surface area contributed by atoms with Crippen LogP contribution < -0.4 is 9.47 Å². The van der Waals surface area contributed by atoms with Gasteiger partial charge in [0.05, 0.1) is 23.2 Å². The van der Waals surface area contributed by atoms with Crippen molar-refractivity contribution in [3.63, 3.8) is 0 Å². The molecule has 2 aromatic carbocycles. The largest absolute Gasteiger partial charge is 0.489 e. The number of rotatable bonds is 4. The van der Waals surface area contributed by atoms with Gasteiger partial charge in [-0.1, -0.05) is 0 Å². The van der Waals surface area contributed by atoms with Crippen LogP contribution in [-0.2, 0) is 18.0 Å². The molecule has 0 amide bonds. The molecule has 1 heterocycles. The number of nitriles is 1. The Balaban J connectivity index is 1.84. The van der Waals surface area contributed by atoms with Crippen LogP contribution in [0.25, 0.3) is 0 Å². The van der Waals surface area contributed by atoms with Gasteiger partial charge in [0.2, 0.25) is 0 Å². The quantitative estimate of drug-likeness (QED) is 0.636. The summed E-state index contributed by atoms with van der Waals surface area (Å²) in [6.07, 6.45) is 0. The predicted molar refractivity (Wildman–Crippen MR) is 78.9 cm³/mol. The molecule has 7 nitrogen and oxygen atoms in total. The monoisotopic (exact) mass is 312 g/mol. The zero-order valence-electron chi connectivity index (χ0n) is 12.0. The summed E-state index contributed by atoms with van der Waals surface area (Å²) >= 11 is 0. The van der Waals surface area contributed by atoms with Crippen LogP contribution in [0.2, 0.25) is 0 Å². The van der Waals surface area contributed by atoms with Gasteiger partial charge in [-0.2, -0.15) is 5.26 Å². The van der Waals surface area contributed by atoms with Crippen LogP contribution in [-0.4, -0.2) is 11.7 Å². The highest BCUT2D eigenvalue weighted by atomic mass is 16.7. The number of nitro groups is 1. The Hall–Kier alpha value is -3.11. The third-order valence-corrected chi connectivity index (χ3v) is 3.36. The van der Waals surface area contributed by atoms with Crippen molar-refractivity contribution < 1.29 is 19.1 Å². The maximum Gasteiger partial charge on any atom is 0.270 e. The van der Waals surface area contributed by atoms with E-state index in [1.807, 2.05) is 6.07 Å². The van der Waals surface area contributed by atoms with Gasteiger partial charge in [-0.05, 0) is 24.3 Å². The maximum absolute atomic E-state index is 11.0. The molecule has 0 bridgehead atoms. The van der Waals surface area contributed by atoms with Crippen molar-refractivity contribution in [2.24, 2.45) is 0 Å². The highest BCUT2D eigenvalue weighted by molar-refractivity contribution is 5.50. The van der Waals surface area contributed by atoms with Gasteiger partial charge in [0.15, 0.2) is 6.79 Å². The molecule has 1 aliphatic rings. The van der Waals surface area contributed by atoms with E-state index in [1.165, 1.54) is 12.1 Å². The molecule has 0 aliphatic carbocycles. The van der Waals surface area contributed by atoms with E-state index in [9.17, 15) is 10.1 Å². The highest BCUT2D eigenvalue weighted by Gasteiger charge is 2.21. The molecule has 0 radical (unpaired) electrons. The van der Waals surface area contributed by atoms with E-state index in [4.69, 9.17) is 19.5 Å². The highest BCUT2D eigenvalue weighted by Crippen LogP contribution is 2.33. The molecule has 116 valence electrons. The van der Waals surface area contributed by atoms with E-state index in [0.717, 1.165) is 0 Å². The Kier molecular flexibility index (Phi) is 4.08. The Morgan fingerprint density at radius 1 is 1.30 bits per heavy atom. The van der Waals surface area contributed by atoms with Crippen LogP contribution >= 0.6 is 0 Å². The fourth-order valence-electron chi connectivity index (χ4n) is 2.28. The SMILES string of the molecule is N#Cc1ccc(OCc2cc([N+](=O)[O-])cc3c2OCOC3)cc1. The number of benzene rings is 2. The lowest BCUT2D eigenvalue weighted by atomic mass is 10.1. The van der Waals surface area contributed by atoms with E-state index in [0.29, 0.717) is 28.2 Å². The number of hydrogen-bond donors (Lipinski definition) is 0. The molecule has 0 N–H and O–H groups in total. The first-order valence-electron chi connectivity index (χ1n) is 6.81. The summed E-state index contributed by atoms with van der Waals surface area (Å²) in [5.74, 6) is 1.13. The molecule has 1 aliphatic heterocycles. The molecular formula is C16H12N2O5. The van der Waals surface area contributed by atoms with Crippen molar-refractivity contribution in [3.05, 3.63) is 63.2 Å². The third kappa shape index (κ3) is 3.22. The van der Waals surface area contributed by atoms with Crippen molar-refractivity contribution in [2.75, 3.05) is 6.79 Å². The number of hydrogen-bond acceptors (Lipinski definition) is 6. The molecular weight excluding hydrogens is 300 g/mol. The zero-order valence-corrected chi connectivity index (χ0v) is 12.0. The van der Waals surface area contributed by atoms with E-state index in [1.54, 1.807) is 24.3 Å². The molecule has 0 fully saturated rings. The lowest BCUT2D eigenvalue weighted by molar-refractivity contribution is -0.385. The second-order valence-corrected chi connectivity index (χ2v) is 4.89. The normalized spacial score (nSPS) is 12.7. The summed E-state index contributed by atoms with van der Waals surface area (Å²) < 4.78 is 16.2. The van der Waals surface area contributed by atoms with E-state index in [-0.39, 0.29) is 25.7 Å². The predicted octanol–water partition coefficient (Wildman–Crippen LogP) is 2.91. The molecule has 0 saturated heterocycles. The first kappa shape index (κ1) is 14.8. The van der Waals surface area contributed by atoms with Crippen molar-refractivity contribution in [1.82, 2.24) is 0 Å². The molecule has 2 aromatic rings. The van der Waals surface area contributed by atoms with Crippen LogP contribution in [0.5, 0.6) is 11.5 Å². The minimum absolute atomic E-state index is 0.0312. The van der Waals surface area contributed by atoms with Gasteiger partial charge in [-0.15, -0.1) is 0 Å². The average Bonchev–Trinajstić information content (AvgIpc) is 2.59. The van der Waals surface area contributed by atoms with Crippen LogP contribution in [0.1, 0.15) is 16.7 Å². The van der Waals surface area contributed by atoms with E-state index >= 15 is 0 Å². The molecule has 23 heavy (non-hydrogen) atoms. The van der Waals surface area contributed by atoms with Gasteiger partial charge in [-0.25, -0.2) is 0 Å². The summed E-state index contributed by atoms with van der Waals surface area (Å²) in [4.78, 5) is 10.6. The van der Waals surface area contributed by atoms with Crippen LogP contribution in [0.15, 0.2) is 36.4 Å². The summed E-state index contributed by atoms with van der Waals surface area (Å²) in [6.45, 7) is 0.492. The number of fused-ring (bicyclic) bond motifs is 1. The molecule has 0 spiro atoms. The minimum Gasteiger partial charge on any atom is -0.489 e. The Morgan fingerprint density at radius 3 is 2.78 bits per heavy atom. The Bertz CT molecular complexity index is 780. The summed E-state index contributed by atoms with van der Waals surface area (Å²) in [5, 5.41) is 19.8. The van der Waals surface area contributed by atoms with Crippen LogP contribution in [0.4, 0.5) is 5.69 Å². The second kappa shape index (κ2) is 6.34. The molecule has 7 heteroatoms. The van der Waals surface area contributed by atoms with Gasteiger partial charge in [-0.3, -0.25) is 10.1 Å². The van der Waals surface area contributed by atoms with Crippen molar-refractivity contribution in [1.29, 1.82) is 5.26 Å². The van der Waals surface area contributed by atoms with Crippen molar-refractivity contribution in [2.45, 2.75) is 13.2 Å². The number of nitrogens with zero attached hydrogens (tertiary/aromatic N) is 2. The van der Waals surface area contributed by atoms with Gasteiger partial charge < -0.3 is 14.2 Å². The van der Waals surface area contributed by atoms with Crippen molar-refractivity contribution in [3.8, 4) is 17.6 Å². The van der Waals surface area contributed by atoms with Gasteiger partial charge >= 0.3 is 0 Å². The Morgan fingerprint density at radius 2 is 2.09 bits per heavy atom. The van der Waals surface area contributed by atoms with Gasteiger partial charge in [0.25, 0.3) is 5.69 Å². The molecule has 3 rings (SSSR count). The average molecular weight is 312 g/mol. The van der Waals surface area contributed by atoms with Gasteiger partial charge in [0, 0.05) is 23.3 Å². The summed E-state index contributed by atoms with van der Waals surface area (Å²) in [6, 6.07) is 11.5. The van der Waals surface area contributed by atoms with Crippen LogP contribution in [0, 0.1) is 21.4 Å². The molecule has 0 aromatic heterocycles. The third-order valence-electron chi connectivity index (χ3n) is 3.36. The maximum atomic E-state index is 11.0. The Labute approximate surface area is 131 Å². The fourth-order valence-corrected chi connectivity index (χ4v) is 2.28. The first-order chi connectivity index (χ1) is 11.2. The smallest absolute Gasteiger partial charge is 0.270 e. The molecule has 0 saturated carbocycles. The topological polar surface area (TPSA) is 94.6 Å². The number of non-ortho nitro benzene ring substituents is 1. The lowest BCUT2D eigenvalue weighted by Gasteiger charge is -2.20. The standard InChI is InChI=1S/C16H12N2O5/c17-7-11-1-3-15(4-2-11)22-9-13-6-14(18(19)20)5-12-8-21-10-23-16(12)13/h1-6H,8-10H2. The summed E-state index contributed by atoms with van der Waals surface area (Å²) in [5.41, 5.74) is 1.72. The number of nitro benzene ring substituents is 1. The second-order valence-electron chi connectivity index (χ2n) is 4.89. The lowest BCUT2D eigenvalue weighted by Crippen LogP contribution is -2.14. The first-order valence-corrected chi connectivity index (χ1v) is 6.81. The number of ether oxygens (including phenoxy) is 3. The van der Waals surface area contributed by atoms with E-state index < -0.39 is 4.92 Å². The minimum atomic E-state index is -0.458. The fraction of sp³-hybridized carbons (Fsp3) is 0.188. The van der Waals surface area contributed by atoms with Gasteiger partial charge in [0.1, 0.15) is 18.1 Å². The summed E-state index contributed by atoms with van der Waals surface area (Å²) in [7, 11) is 0. The van der Waals surface area contributed by atoms with Crippen molar-refractivity contribution >= 4 is 5.69 Å². The van der Waals surface area contributed by atoms with Crippen LogP contribution in [0.3, 0.4) is 0 Å². The van der Waals surface area contributed by atoms with E-state index in [2.05, 4.69) is 0 Å². The molecule has 0 atom stereocenters. The zero-order chi connectivity index (χ0) is 16.2. The molecule has 0 unspecified atom stereocenters.